The minimum absolute atomic E-state index is 0.186. The van der Waals surface area contributed by atoms with Crippen LogP contribution in [0.25, 0.3) is 0 Å². The molecule has 0 saturated carbocycles. The zero-order valence-corrected chi connectivity index (χ0v) is 39.7. The monoisotopic (exact) mass is 866 g/mol. The van der Waals surface area contributed by atoms with E-state index in [9.17, 15) is 30.3 Å². The standard InChI is InChI=1S/C52H99NO8/c1-3-5-7-9-11-13-15-16-17-18-19-20-21-22-23-24-25-26-27-28-29-30-32-33-35-37-39-41-46(55)45(44-60-52-51(59)50(58)49(57)47(43-54)61-52)53-48(56)42-40-38-36-34-31-14-12-10-8-6-4-2/h10,12,39,41,45-47,49-52,54-55,57-59H,3-9,11,13-38,40,42-44H2,1-2H3,(H,53,56)/b12-10-,41-39+. The highest BCUT2D eigenvalue weighted by Gasteiger charge is 2.44. The average molecular weight is 866 g/mol. The van der Waals surface area contributed by atoms with Gasteiger partial charge in [0.25, 0.3) is 0 Å². The van der Waals surface area contributed by atoms with Gasteiger partial charge >= 0.3 is 0 Å². The summed E-state index contributed by atoms with van der Waals surface area (Å²) in [5, 5.41) is 54.2. The second kappa shape index (κ2) is 42.6. The molecule has 9 heteroatoms. The zero-order chi connectivity index (χ0) is 44.4. The van der Waals surface area contributed by atoms with Crippen molar-refractivity contribution in [2.75, 3.05) is 13.2 Å². The van der Waals surface area contributed by atoms with Crippen molar-refractivity contribution in [3.63, 3.8) is 0 Å². The van der Waals surface area contributed by atoms with Crippen molar-refractivity contribution in [3.05, 3.63) is 24.3 Å². The molecule has 6 N–H and O–H groups in total. The average Bonchev–Trinajstić information content (AvgIpc) is 3.26. The number of unbranched alkanes of at least 4 members (excludes halogenated alkanes) is 32. The van der Waals surface area contributed by atoms with E-state index in [1.807, 2.05) is 6.08 Å². The molecule has 0 bridgehead atoms. The SMILES string of the molecule is CCCC/C=C\CCCCCCCC(=O)NC(COC1OC(CO)C(O)C(O)C1O)C(O)/C=C/CCCCCCCCCCCCCCCCCCCCCCCCCCC. The number of nitrogens with one attached hydrogen (secondary N) is 1. The van der Waals surface area contributed by atoms with E-state index in [0.717, 1.165) is 64.2 Å². The molecule has 1 rings (SSSR count). The first kappa shape index (κ1) is 57.7. The summed E-state index contributed by atoms with van der Waals surface area (Å²) in [5.41, 5.74) is 0. The van der Waals surface area contributed by atoms with Crippen molar-refractivity contribution in [2.24, 2.45) is 0 Å². The van der Waals surface area contributed by atoms with Gasteiger partial charge in [0.05, 0.1) is 25.4 Å². The third kappa shape index (κ3) is 32.9. The number of ether oxygens (including phenoxy) is 2. The Balaban J connectivity index is 2.20. The smallest absolute Gasteiger partial charge is 0.220 e. The molecule has 7 unspecified atom stereocenters. The first-order chi connectivity index (χ1) is 29.8. The Hall–Kier alpha value is -1.33. The highest BCUT2D eigenvalue weighted by atomic mass is 16.7. The second-order valence-electron chi connectivity index (χ2n) is 18.3. The molecule has 0 aromatic carbocycles. The molecule has 61 heavy (non-hydrogen) atoms. The molecular weight excluding hydrogens is 767 g/mol. The molecule has 1 aliphatic heterocycles. The van der Waals surface area contributed by atoms with E-state index in [4.69, 9.17) is 9.47 Å². The molecule has 360 valence electrons. The van der Waals surface area contributed by atoms with Crippen molar-refractivity contribution in [2.45, 2.75) is 288 Å². The van der Waals surface area contributed by atoms with Gasteiger partial charge in [-0.05, 0) is 38.5 Å². The lowest BCUT2D eigenvalue weighted by Crippen LogP contribution is -2.60. The van der Waals surface area contributed by atoms with E-state index in [1.165, 1.54) is 161 Å². The number of hydrogen-bond donors (Lipinski definition) is 6. The molecule has 1 amide bonds. The van der Waals surface area contributed by atoms with Crippen LogP contribution >= 0.6 is 0 Å². The summed E-state index contributed by atoms with van der Waals surface area (Å²) in [7, 11) is 0. The van der Waals surface area contributed by atoms with Crippen LogP contribution in [0.2, 0.25) is 0 Å². The van der Waals surface area contributed by atoms with Gasteiger partial charge in [0.15, 0.2) is 6.29 Å². The Morgan fingerprint density at radius 2 is 0.934 bits per heavy atom. The predicted molar refractivity (Wildman–Crippen MR) is 253 cm³/mol. The Morgan fingerprint density at radius 3 is 1.38 bits per heavy atom. The number of rotatable bonds is 44. The molecule has 0 radical (unpaired) electrons. The molecule has 0 aromatic heterocycles. The Kier molecular flexibility index (Phi) is 40.3. The quantitative estimate of drug-likeness (QED) is 0.0262. The van der Waals surface area contributed by atoms with Crippen LogP contribution in [0.4, 0.5) is 0 Å². The summed E-state index contributed by atoms with van der Waals surface area (Å²) < 4.78 is 11.2. The summed E-state index contributed by atoms with van der Waals surface area (Å²) in [5.74, 6) is -0.186. The van der Waals surface area contributed by atoms with E-state index in [1.54, 1.807) is 6.08 Å². The third-order valence-electron chi connectivity index (χ3n) is 12.5. The normalized spacial score (nSPS) is 20.5. The van der Waals surface area contributed by atoms with Gasteiger partial charge in [-0.15, -0.1) is 0 Å². The third-order valence-corrected chi connectivity index (χ3v) is 12.5. The lowest BCUT2D eigenvalue weighted by Gasteiger charge is -2.40. The lowest BCUT2D eigenvalue weighted by molar-refractivity contribution is -0.302. The Labute approximate surface area is 375 Å². The molecule has 1 saturated heterocycles. The zero-order valence-electron chi connectivity index (χ0n) is 39.7. The molecule has 1 fully saturated rings. The number of aliphatic hydroxyl groups excluding tert-OH is 5. The molecule has 0 aromatic rings. The van der Waals surface area contributed by atoms with Gasteiger partial charge in [-0.3, -0.25) is 4.79 Å². The van der Waals surface area contributed by atoms with E-state index in [-0.39, 0.29) is 12.5 Å². The van der Waals surface area contributed by atoms with Gasteiger partial charge in [-0.1, -0.05) is 224 Å². The van der Waals surface area contributed by atoms with Crippen LogP contribution in [-0.2, 0) is 14.3 Å². The summed E-state index contributed by atoms with van der Waals surface area (Å²) in [6.07, 6.45) is 45.4. The van der Waals surface area contributed by atoms with Crippen LogP contribution < -0.4 is 5.32 Å². The van der Waals surface area contributed by atoms with Crippen LogP contribution in [0.5, 0.6) is 0 Å². The fourth-order valence-corrected chi connectivity index (χ4v) is 8.32. The van der Waals surface area contributed by atoms with Crippen molar-refractivity contribution in [1.82, 2.24) is 5.32 Å². The number of hydrogen-bond acceptors (Lipinski definition) is 8. The maximum Gasteiger partial charge on any atom is 0.220 e. The lowest BCUT2D eigenvalue weighted by atomic mass is 9.99. The van der Waals surface area contributed by atoms with Crippen molar-refractivity contribution in [1.29, 1.82) is 0 Å². The molecule has 1 heterocycles. The van der Waals surface area contributed by atoms with Crippen molar-refractivity contribution in [3.8, 4) is 0 Å². The summed E-state index contributed by atoms with van der Waals surface area (Å²) >= 11 is 0. The van der Waals surface area contributed by atoms with Gasteiger partial charge in [0.1, 0.15) is 24.4 Å². The largest absolute Gasteiger partial charge is 0.394 e. The van der Waals surface area contributed by atoms with Crippen LogP contribution in [-0.4, -0.2) is 87.5 Å². The fraction of sp³-hybridized carbons (Fsp3) is 0.904. The van der Waals surface area contributed by atoms with Gasteiger partial charge in [-0.2, -0.15) is 0 Å². The Bertz CT molecular complexity index is 1010. The van der Waals surface area contributed by atoms with Crippen molar-refractivity contribution < 1.29 is 39.8 Å². The summed E-state index contributed by atoms with van der Waals surface area (Å²) in [6, 6.07) is -0.806. The topological polar surface area (TPSA) is 149 Å². The first-order valence-corrected chi connectivity index (χ1v) is 26.1. The van der Waals surface area contributed by atoms with Gasteiger partial charge in [-0.25, -0.2) is 0 Å². The number of allylic oxidation sites excluding steroid dienone is 3. The van der Waals surface area contributed by atoms with Crippen molar-refractivity contribution >= 4 is 5.91 Å². The van der Waals surface area contributed by atoms with Gasteiger partial charge in [0, 0.05) is 6.42 Å². The number of carbonyl (C=O) groups is 1. The highest BCUT2D eigenvalue weighted by molar-refractivity contribution is 5.76. The minimum atomic E-state index is -1.57. The summed E-state index contributed by atoms with van der Waals surface area (Å²) in [6.45, 7) is 3.74. The van der Waals surface area contributed by atoms with E-state index in [2.05, 4.69) is 31.3 Å². The first-order valence-electron chi connectivity index (χ1n) is 26.1. The number of amides is 1. The fourth-order valence-electron chi connectivity index (χ4n) is 8.32. The summed E-state index contributed by atoms with van der Waals surface area (Å²) in [4.78, 5) is 12.9. The minimum Gasteiger partial charge on any atom is -0.394 e. The maximum absolute atomic E-state index is 12.9. The van der Waals surface area contributed by atoms with Crippen LogP contribution in [0, 0.1) is 0 Å². The second-order valence-corrected chi connectivity index (χ2v) is 18.3. The van der Waals surface area contributed by atoms with Crippen LogP contribution in [0.1, 0.15) is 245 Å². The molecule has 1 aliphatic rings. The van der Waals surface area contributed by atoms with E-state index in [0.29, 0.717) is 6.42 Å². The predicted octanol–water partition coefficient (Wildman–Crippen LogP) is 11.8. The van der Waals surface area contributed by atoms with Crippen LogP contribution in [0.15, 0.2) is 24.3 Å². The maximum atomic E-state index is 12.9. The Morgan fingerprint density at radius 1 is 0.541 bits per heavy atom. The molecular formula is C52H99NO8. The molecule has 9 nitrogen and oxygen atoms in total. The molecule has 0 spiro atoms. The van der Waals surface area contributed by atoms with Gasteiger partial charge in [0.2, 0.25) is 5.91 Å². The van der Waals surface area contributed by atoms with E-state index >= 15 is 0 Å². The van der Waals surface area contributed by atoms with Crippen LogP contribution in [0.3, 0.4) is 0 Å². The highest BCUT2D eigenvalue weighted by Crippen LogP contribution is 2.23. The van der Waals surface area contributed by atoms with E-state index < -0.39 is 49.5 Å². The number of carbonyl (C=O) groups excluding carboxylic acids is 1. The van der Waals surface area contributed by atoms with Gasteiger partial charge < -0.3 is 40.3 Å². The number of aliphatic hydroxyl groups is 5. The molecule has 7 atom stereocenters. The molecule has 0 aliphatic carbocycles.